The van der Waals surface area contributed by atoms with E-state index >= 15 is 0 Å². The number of nitrogens with zero attached hydrogens (tertiary/aromatic N) is 1. The molecule has 0 unspecified atom stereocenters. The monoisotopic (exact) mass is 246 g/mol. The van der Waals surface area contributed by atoms with Gasteiger partial charge >= 0.3 is 0 Å². The number of amides is 2. The first-order valence-corrected chi connectivity index (χ1v) is 6.23. The molecule has 2 amide bonds. The number of carbonyl (C=O) groups excluding carboxylic acids is 2. The van der Waals surface area contributed by atoms with Gasteiger partial charge in [-0.25, -0.2) is 0 Å². The molecule has 1 aliphatic rings. The highest BCUT2D eigenvalue weighted by molar-refractivity contribution is 6.00. The lowest BCUT2D eigenvalue weighted by Crippen LogP contribution is -2.36. The van der Waals surface area contributed by atoms with Crippen molar-refractivity contribution in [3.8, 4) is 0 Å². The molecule has 1 aromatic rings. The van der Waals surface area contributed by atoms with Gasteiger partial charge in [-0.05, 0) is 26.0 Å². The Labute approximate surface area is 107 Å². The molecule has 1 N–H and O–H groups in total. The zero-order valence-electron chi connectivity index (χ0n) is 10.7. The van der Waals surface area contributed by atoms with Crippen LogP contribution in [0.25, 0.3) is 0 Å². The van der Waals surface area contributed by atoms with Crippen LogP contribution in [0.4, 0.5) is 5.69 Å². The average molecular weight is 246 g/mol. The predicted molar refractivity (Wildman–Crippen MR) is 70.2 cm³/mol. The van der Waals surface area contributed by atoms with Crippen molar-refractivity contribution >= 4 is 17.5 Å². The summed E-state index contributed by atoms with van der Waals surface area (Å²) in [6, 6.07) is 9.58. The van der Waals surface area contributed by atoms with Crippen molar-refractivity contribution in [2.45, 2.75) is 26.3 Å². The molecule has 0 radical (unpaired) electrons. The molecule has 1 heterocycles. The summed E-state index contributed by atoms with van der Waals surface area (Å²) in [4.78, 5) is 25.5. The summed E-state index contributed by atoms with van der Waals surface area (Å²) in [6.07, 6.45) is 0.299. The molecule has 0 aliphatic carbocycles. The van der Waals surface area contributed by atoms with E-state index in [-0.39, 0.29) is 23.8 Å². The van der Waals surface area contributed by atoms with Crippen LogP contribution >= 0.6 is 0 Å². The Morgan fingerprint density at radius 3 is 2.61 bits per heavy atom. The molecule has 4 heteroatoms. The Morgan fingerprint density at radius 2 is 2.00 bits per heavy atom. The Hall–Kier alpha value is -1.84. The van der Waals surface area contributed by atoms with Crippen LogP contribution in [0, 0.1) is 5.92 Å². The number of nitrogens with one attached hydrogen (secondary N) is 1. The molecule has 1 saturated heterocycles. The first kappa shape index (κ1) is 12.6. The number of hydrogen-bond acceptors (Lipinski definition) is 2. The first-order chi connectivity index (χ1) is 8.58. The maximum Gasteiger partial charge on any atom is 0.227 e. The average Bonchev–Trinajstić information content (AvgIpc) is 2.72. The molecule has 0 saturated carbocycles. The zero-order chi connectivity index (χ0) is 13.1. The van der Waals surface area contributed by atoms with Crippen molar-refractivity contribution in [3.05, 3.63) is 30.3 Å². The van der Waals surface area contributed by atoms with E-state index in [0.29, 0.717) is 13.0 Å². The van der Waals surface area contributed by atoms with Gasteiger partial charge in [0.25, 0.3) is 0 Å². The third-order valence-electron chi connectivity index (χ3n) is 2.99. The molecule has 0 bridgehead atoms. The SMILES string of the molecule is CC(C)NC(=O)[C@H]1CC(=O)N(c2ccccc2)C1. The molecule has 1 fully saturated rings. The van der Waals surface area contributed by atoms with Crippen molar-refractivity contribution in [1.82, 2.24) is 5.32 Å². The van der Waals surface area contributed by atoms with Crippen LogP contribution in [0.3, 0.4) is 0 Å². The molecule has 1 aromatic carbocycles. The predicted octanol–water partition coefficient (Wildman–Crippen LogP) is 1.56. The lowest BCUT2D eigenvalue weighted by Gasteiger charge is -2.17. The molecule has 1 atom stereocenters. The molecule has 96 valence electrons. The number of hydrogen-bond donors (Lipinski definition) is 1. The van der Waals surface area contributed by atoms with E-state index in [0.717, 1.165) is 5.69 Å². The summed E-state index contributed by atoms with van der Waals surface area (Å²) in [7, 11) is 0. The summed E-state index contributed by atoms with van der Waals surface area (Å²) in [5, 5.41) is 2.86. The Kier molecular flexibility index (Phi) is 3.65. The van der Waals surface area contributed by atoms with Crippen molar-refractivity contribution in [1.29, 1.82) is 0 Å². The fourth-order valence-electron chi connectivity index (χ4n) is 2.14. The maximum absolute atomic E-state index is 11.9. The number of benzene rings is 1. The second kappa shape index (κ2) is 5.21. The fraction of sp³-hybridized carbons (Fsp3) is 0.429. The van der Waals surface area contributed by atoms with E-state index in [2.05, 4.69) is 5.32 Å². The van der Waals surface area contributed by atoms with E-state index in [4.69, 9.17) is 0 Å². The van der Waals surface area contributed by atoms with Crippen molar-refractivity contribution in [3.63, 3.8) is 0 Å². The zero-order valence-corrected chi connectivity index (χ0v) is 10.7. The fourth-order valence-corrected chi connectivity index (χ4v) is 2.14. The lowest BCUT2D eigenvalue weighted by atomic mass is 10.1. The molecular weight excluding hydrogens is 228 g/mol. The van der Waals surface area contributed by atoms with Crippen LogP contribution in [-0.2, 0) is 9.59 Å². The second-order valence-corrected chi connectivity index (χ2v) is 4.90. The van der Waals surface area contributed by atoms with Crippen LogP contribution < -0.4 is 10.2 Å². The second-order valence-electron chi connectivity index (χ2n) is 4.90. The van der Waals surface area contributed by atoms with Gasteiger partial charge in [-0.3, -0.25) is 9.59 Å². The van der Waals surface area contributed by atoms with Gasteiger partial charge in [-0.1, -0.05) is 18.2 Å². The maximum atomic E-state index is 11.9. The minimum atomic E-state index is -0.236. The number of anilines is 1. The van der Waals surface area contributed by atoms with Gasteiger partial charge < -0.3 is 10.2 Å². The molecular formula is C14H18N2O2. The third kappa shape index (κ3) is 2.70. The summed E-state index contributed by atoms with van der Waals surface area (Å²) in [5.74, 6) is -0.248. The van der Waals surface area contributed by atoms with Crippen molar-refractivity contribution in [2.24, 2.45) is 5.92 Å². The highest BCUT2D eigenvalue weighted by Gasteiger charge is 2.35. The summed E-state index contributed by atoms with van der Waals surface area (Å²) < 4.78 is 0. The van der Waals surface area contributed by atoms with E-state index in [9.17, 15) is 9.59 Å². The number of rotatable bonds is 3. The Balaban J connectivity index is 2.06. The van der Waals surface area contributed by atoms with Crippen molar-refractivity contribution in [2.75, 3.05) is 11.4 Å². The van der Waals surface area contributed by atoms with Crippen LogP contribution in [0.2, 0.25) is 0 Å². The summed E-state index contributed by atoms with van der Waals surface area (Å²) >= 11 is 0. The summed E-state index contributed by atoms with van der Waals surface area (Å²) in [5.41, 5.74) is 0.863. The van der Waals surface area contributed by atoms with E-state index in [1.165, 1.54) is 0 Å². The minimum Gasteiger partial charge on any atom is -0.354 e. The van der Waals surface area contributed by atoms with E-state index in [1.807, 2.05) is 44.2 Å². The highest BCUT2D eigenvalue weighted by atomic mass is 16.2. The van der Waals surface area contributed by atoms with Gasteiger partial charge in [0.2, 0.25) is 11.8 Å². The highest BCUT2D eigenvalue weighted by Crippen LogP contribution is 2.24. The topological polar surface area (TPSA) is 49.4 Å². The Bertz CT molecular complexity index is 442. The standard InChI is InChI=1S/C14H18N2O2/c1-10(2)15-14(18)11-8-13(17)16(9-11)12-6-4-3-5-7-12/h3-7,10-11H,8-9H2,1-2H3,(H,15,18)/t11-/m0/s1. The van der Waals surface area contributed by atoms with Gasteiger partial charge in [-0.15, -0.1) is 0 Å². The third-order valence-corrected chi connectivity index (χ3v) is 2.99. The normalized spacial score (nSPS) is 19.4. The van der Waals surface area contributed by atoms with Crippen LogP contribution in [-0.4, -0.2) is 24.4 Å². The summed E-state index contributed by atoms with van der Waals surface area (Å²) in [6.45, 7) is 4.31. The van der Waals surface area contributed by atoms with E-state index < -0.39 is 0 Å². The van der Waals surface area contributed by atoms with Gasteiger partial charge in [0, 0.05) is 24.7 Å². The molecule has 0 spiro atoms. The van der Waals surface area contributed by atoms with Gasteiger partial charge in [0.05, 0.1) is 5.92 Å². The van der Waals surface area contributed by atoms with Crippen LogP contribution in [0.1, 0.15) is 20.3 Å². The first-order valence-electron chi connectivity index (χ1n) is 6.23. The minimum absolute atomic E-state index is 0.0186. The Morgan fingerprint density at radius 1 is 1.33 bits per heavy atom. The molecule has 4 nitrogen and oxygen atoms in total. The van der Waals surface area contributed by atoms with Crippen LogP contribution in [0.15, 0.2) is 30.3 Å². The molecule has 18 heavy (non-hydrogen) atoms. The van der Waals surface area contributed by atoms with Crippen LogP contribution in [0.5, 0.6) is 0 Å². The van der Waals surface area contributed by atoms with Crippen molar-refractivity contribution < 1.29 is 9.59 Å². The quantitative estimate of drug-likeness (QED) is 0.880. The number of para-hydroxylation sites is 1. The van der Waals surface area contributed by atoms with Gasteiger partial charge in [-0.2, -0.15) is 0 Å². The number of carbonyl (C=O) groups is 2. The lowest BCUT2D eigenvalue weighted by molar-refractivity contribution is -0.126. The molecule has 1 aliphatic heterocycles. The largest absolute Gasteiger partial charge is 0.354 e. The molecule has 2 rings (SSSR count). The molecule has 0 aromatic heterocycles. The van der Waals surface area contributed by atoms with Gasteiger partial charge in [0.15, 0.2) is 0 Å². The van der Waals surface area contributed by atoms with Gasteiger partial charge in [0.1, 0.15) is 0 Å². The van der Waals surface area contributed by atoms with E-state index in [1.54, 1.807) is 4.90 Å². The smallest absolute Gasteiger partial charge is 0.227 e.